The minimum Gasteiger partial charge on any atom is -0.339 e. The maximum Gasteiger partial charge on any atom is 0.252 e. The molecule has 0 radical (unpaired) electrons. The molecule has 1 aromatic heterocycles. The second kappa shape index (κ2) is 4.43. The van der Waals surface area contributed by atoms with Crippen LogP contribution >= 0.6 is 11.6 Å². The summed E-state index contributed by atoms with van der Waals surface area (Å²) in [5, 5.41) is 10.9. The number of halogens is 1. The van der Waals surface area contributed by atoms with Crippen molar-refractivity contribution in [3.63, 3.8) is 0 Å². The highest BCUT2D eigenvalue weighted by Gasteiger charge is 2.04. The van der Waals surface area contributed by atoms with Crippen molar-refractivity contribution < 1.29 is 4.79 Å². The van der Waals surface area contributed by atoms with E-state index < -0.39 is 0 Å². The van der Waals surface area contributed by atoms with Crippen molar-refractivity contribution in [2.24, 2.45) is 0 Å². The third-order valence-corrected chi connectivity index (χ3v) is 1.52. The molecule has 1 N–H and O–H groups in total. The van der Waals surface area contributed by atoms with Crippen molar-refractivity contribution in [2.75, 3.05) is 6.54 Å². The molecule has 66 valence electrons. The Morgan fingerprint density at radius 1 is 1.77 bits per heavy atom. The molecular formula is C8H6ClN3O. The standard InChI is InChI=1S/C8H6ClN3O/c9-7-5-6(1-3-11-7)8(13)12-4-2-10/h1,3,5H,4H2,(H,12,13). The van der Waals surface area contributed by atoms with E-state index in [0.29, 0.717) is 5.56 Å². The first-order chi connectivity index (χ1) is 6.24. The number of amides is 1. The quantitative estimate of drug-likeness (QED) is 0.565. The highest BCUT2D eigenvalue weighted by atomic mass is 35.5. The van der Waals surface area contributed by atoms with Gasteiger partial charge in [0, 0.05) is 11.8 Å². The van der Waals surface area contributed by atoms with Gasteiger partial charge in [-0.2, -0.15) is 5.26 Å². The lowest BCUT2D eigenvalue weighted by molar-refractivity contribution is 0.0958. The number of nitrogens with zero attached hydrogens (tertiary/aromatic N) is 2. The molecule has 0 aliphatic heterocycles. The van der Waals surface area contributed by atoms with Gasteiger partial charge in [-0.1, -0.05) is 11.6 Å². The van der Waals surface area contributed by atoms with Crippen molar-refractivity contribution in [3.05, 3.63) is 29.0 Å². The largest absolute Gasteiger partial charge is 0.339 e. The minimum atomic E-state index is -0.328. The summed E-state index contributed by atoms with van der Waals surface area (Å²) in [6.07, 6.45) is 1.43. The van der Waals surface area contributed by atoms with Gasteiger partial charge in [-0.05, 0) is 12.1 Å². The average molecular weight is 196 g/mol. The summed E-state index contributed by atoms with van der Waals surface area (Å²) in [5.74, 6) is -0.328. The van der Waals surface area contributed by atoms with Crippen LogP contribution in [0.15, 0.2) is 18.3 Å². The van der Waals surface area contributed by atoms with E-state index in [-0.39, 0.29) is 17.6 Å². The number of pyridine rings is 1. The van der Waals surface area contributed by atoms with Gasteiger partial charge >= 0.3 is 0 Å². The normalized spacial score (nSPS) is 8.92. The Hall–Kier alpha value is -1.60. The first kappa shape index (κ1) is 9.49. The maximum absolute atomic E-state index is 11.2. The highest BCUT2D eigenvalue weighted by molar-refractivity contribution is 6.29. The SMILES string of the molecule is N#CCNC(=O)c1ccnc(Cl)c1. The molecule has 0 aromatic carbocycles. The average Bonchev–Trinajstić information content (AvgIpc) is 2.14. The molecule has 0 aliphatic rings. The van der Waals surface area contributed by atoms with E-state index in [4.69, 9.17) is 16.9 Å². The van der Waals surface area contributed by atoms with E-state index in [1.807, 2.05) is 0 Å². The molecule has 1 rings (SSSR count). The summed E-state index contributed by atoms with van der Waals surface area (Å²) in [6.45, 7) is -0.0151. The fourth-order valence-electron chi connectivity index (χ4n) is 0.766. The molecule has 0 atom stereocenters. The van der Waals surface area contributed by atoms with Crippen LogP contribution in [0.5, 0.6) is 0 Å². The second-order valence-electron chi connectivity index (χ2n) is 2.21. The van der Waals surface area contributed by atoms with Crippen molar-refractivity contribution in [3.8, 4) is 6.07 Å². The Kier molecular flexibility index (Phi) is 3.23. The molecule has 0 unspecified atom stereocenters. The zero-order valence-electron chi connectivity index (χ0n) is 6.62. The molecule has 0 fully saturated rings. The van der Waals surface area contributed by atoms with Crippen LogP contribution in [0.4, 0.5) is 0 Å². The molecule has 1 heterocycles. The van der Waals surface area contributed by atoms with Crippen molar-refractivity contribution >= 4 is 17.5 Å². The van der Waals surface area contributed by atoms with E-state index in [1.54, 1.807) is 6.07 Å². The van der Waals surface area contributed by atoms with Crippen LogP contribution in [-0.4, -0.2) is 17.4 Å². The van der Waals surface area contributed by atoms with Crippen LogP contribution in [0.1, 0.15) is 10.4 Å². The van der Waals surface area contributed by atoms with Gasteiger partial charge in [-0.25, -0.2) is 4.98 Å². The zero-order valence-corrected chi connectivity index (χ0v) is 7.38. The summed E-state index contributed by atoms with van der Waals surface area (Å²) in [5.41, 5.74) is 0.398. The van der Waals surface area contributed by atoms with Gasteiger partial charge in [0.2, 0.25) is 0 Å². The number of nitriles is 1. The third-order valence-electron chi connectivity index (χ3n) is 1.32. The molecule has 1 aromatic rings. The third kappa shape index (κ3) is 2.73. The maximum atomic E-state index is 11.2. The van der Waals surface area contributed by atoms with Crippen LogP contribution in [0.3, 0.4) is 0 Å². The Balaban J connectivity index is 2.72. The van der Waals surface area contributed by atoms with Crippen molar-refractivity contribution in [1.82, 2.24) is 10.3 Å². The number of aromatic nitrogens is 1. The molecule has 5 heteroatoms. The number of nitrogens with one attached hydrogen (secondary N) is 1. The molecule has 0 saturated heterocycles. The monoisotopic (exact) mass is 195 g/mol. The van der Waals surface area contributed by atoms with Gasteiger partial charge < -0.3 is 5.32 Å². The Bertz CT molecular complexity index is 359. The summed E-state index contributed by atoms with van der Waals surface area (Å²) in [7, 11) is 0. The number of hydrogen-bond acceptors (Lipinski definition) is 3. The van der Waals surface area contributed by atoms with E-state index in [9.17, 15) is 4.79 Å². The molecule has 0 bridgehead atoms. The van der Waals surface area contributed by atoms with Gasteiger partial charge in [-0.3, -0.25) is 4.79 Å². The summed E-state index contributed by atoms with van der Waals surface area (Å²) >= 11 is 5.57. The van der Waals surface area contributed by atoms with Crippen LogP contribution < -0.4 is 5.32 Å². The predicted molar refractivity (Wildman–Crippen MR) is 47.2 cm³/mol. The van der Waals surface area contributed by atoms with Crippen LogP contribution in [-0.2, 0) is 0 Å². The van der Waals surface area contributed by atoms with Gasteiger partial charge in [0.1, 0.15) is 11.7 Å². The molecule has 0 saturated carbocycles. The van der Waals surface area contributed by atoms with E-state index in [0.717, 1.165) is 0 Å². The number of hydrogen-bond donors (Lipinski definition) is 1. The number of carbonyl (C=O) groups is 1. The molecule has 13 heavy (non-hydrogen) atoms. The Labute approximate surface area is 80.2 Å². The number of rotatable bonds is 2. The molecule has 4 nitrogen and oxygen atoms in total. The fraction of sp³-hybridized carbons (Fsp3) is 0.125. The lowest BCUT2D eigenvalue weighted by Gasteiger charge is -1.99. The van der Waals surface area contributed by atoms with Gasteiger partial charge in [0.05, 0.1) is 6.07 Å². The lowest BCUT2D eigenvalue weighted by atomic mass is 10.2. The Morgan fingerprint density at radius 2 is 2.54 bits per heavy atom. The van der Waals surface area contributed by atoms with E-state index in [1.165, 1.54) is 18.3 Å². The summed E-state index contributed by atoms with van der Waals surface area (Å²) in [6, 6.07) is 4.77. The minimum absolute atomic E-state index is 0.0151. The van der Waals surface area contributed by atoms with Crippen molar-refractivity contribution in [2.45, 2.75) is 0 Å². The van der Waals surface area contributed by atoms with E-state index in [2.05, 4.69) is 10.3 Å². The first-order valence-electron chi connectivity index (χ1n) is 3.50. The summed E-state index contributed by atoms with van der Waals surface area (Å²) < 4.78 is 0. The molecule has 1 amide bonds. The fourth-order valence-corrected chi connectivity index (χ4v) is 0.939. The van der Waals surface area contributed by atoms with Crippen LogP contribution in [0.2, 0.25) is 5.15 Å². The van der Waals surface area contributed by atoms with Gasteiger partial charge in [-0.15, -0.1) is 0 Å². The Morgan fingerprint density at radius 3 is 3.15 bits per heavy atom. The molecule has 0 spiro atoms. The zero-order chi connectivity index (χ0) is 9.68. The van der Waals surface area contributed by atoms with Crippen LogP contribution in [0, 0.1) is 11.3 Å². The highest BCUT2D eigenvalue weighted by Crippen LogP contribution is 2.06. The van der Waals surface area contributed by atoms with E-state index >= 15 is 0 Å². The second-order valence-corrected chi connectivity index (χ2v) is 2.60. The molecular weight excluding hydrogens is 190 g/mol. The van der Waals surface area contributed by atoms with Crippen molar-refractivity contribution in [1.29, 1.82) is 5.26 Å². The predicted octanol–water partition coefficient (Wildman–Crippen LogP) is 0.988. The lowest BCUT2D eigenvalue weighted by Crippen LogP contribution is -2.23. The molecule has 0 aliphatic carbocycles. The van der Waals surface area contributed by atoms with Gasteiger partial charge in [0.15, 0.2) is 0 Å². The topological polar surface area (TPSA) is 65.8 Å². The van der Waals surface area contributed by atoms with Crippen LogP contribution in [0.25, 0.3) is 0 Å². The van der Waals surface area contributed by atoms with Gasteiger partial charge in [0.25, 0.3) is 5.91 Å². The summed E-state index contributed by atoms with van der Waals surface area (Å²) in [4.78, 5) is 14.9. The first-order valence-corrected chi connectivity index (χ1v) is 3.88. The number of carbonyl (C=O) groups excluding carboxylic acids is 1. The smallest absolute Gasteiger partial charge is 0.252 e.